The van der Waals surface area contributed by atoms with Crippen LogP contribution in [0.5, 0.6) is 0 Å². The van der Waals surface area contributed by atoms with Crippen molar-refractivity contribution in [2.45, 2.75) is 26.8 Å². The van der Waals surface area contributed by atoms with Gasteiger partial charge >= 0.3 is 5.97 Å². The van der Waals surface area contributed by atoms with E-state index in [2.05, 4.69) is 10.3 Å². The van der Waals surface area contributed by atoms with Gasteiger partial charge in [0.2, 0.25) is 5.91 Å². The second kappa shape index (κ2) is 7.32. The Kier molecular flexibility index (Phi) is 5.09. The van der Waals surface area contributed by atoms with Crippen LogP contribution in [0.3, 0.4) is 0 Å². The summed E-state index contributed by atoms with van der Waals surface area (Å²) >= 11 is 1.10. The van der Waals surface area contributed by atoms with Gasteiger partial charge < -0.3 is 10.1 Å². The van der Waals surface area contributed by atoms with Gasteiger partial charge in [-0.05, 0) is 38.5 Å². The third kappa shape index (κ3) is 3.48. The van der Waals surface area contributed by atoms with Crippen molar-refractivity contribution in [3.05, 3.63) is 57.0 Å². The molecule has 0 aliphatic rings. The number of nitrogens with one attached hydrogen (secondary N) is 1. The number of thiophene rings is 1. The van der Waals surface area contributed by atoms with Gasteiger partial charge in [-0.2, -0.15) is 0 Å². The van der Waals surface area contributed by atoms with Gasteiger partial charge in [0, 0.05) is 5.69 Å². The van der Waals surface area contributed by atoms with E-state index in [-0.39, 0.29) is 11.5 Å². The molecular weight excluding hydrogens is 366 g/mol. The molecule has 1 aromatic carbocycles. The SMILES string of the molecule is COC(=O)c1sc2ncn([C@H](C)C(=O)Nc3ccc(C)cc3)c(=O)c2c1C. The fourth-order valence-electron chi connectivity index (χ4n) is 2.71. The number of methoxy groups -OCH3 is 1. The molecule has 2 aromatic heterocycles. The topological polar surface area (TPSA) is 90.3 Å². The molecule has 0 saturated heterocycles. The standard InChI is InChI=1S/C19H19N3O4S/c1-10-5-7-13(8-6-10)21-16(23)12(3)22-9-20-17-14(18(22)24)11(2)15(27-17)19(25)26-4/h5-9,12H,1-4H3,(H,21,23)/t12-/m1/s1. The predicted molar refractivity (Wildman–Crippen MR) is 104 cm³/mol. The lowest BCUT2D eigenvalue weighted by atomic mass is 10.2. The fourth-order valence-corrected chi connectivity index (χ4v) is 3.77. The van der Waals surface area contributed by atoms with E-state index in [0.29, 0.717) is 26.3 Å². The molecule has 27 heavy (non-hydrogen) atoms. The third-order valence-corrected chi connectivity index (χ3v) is 5.54. The second-order valence-electron chi connectivity index (χ2n) is 6.22. The largest absolute Gasteiger partial charge is 0.465 e. The number of nitrogens with zero attached hydrogens (tertiary/aromatic N) is 2. The molecule has 8 heteroatoms. The molecule has 3 aromatic rings. The molecule has 1 atom stereocenters. The molecule has 0 spiro atoms. The highest BCUT2D eigenvalue weighted by Gasteiger charge is 2.23. The third-order valence-electron chi connectivity index (χ3n) is 4.36. The fraction of sp³-hybridized carbons (Fsp3) is 0.263. The summed E-state index contributed by atoms with van der Waals surface area (Å²) in [6.07, 6.45) is 1.33. The summed E-state index contributed by atoms with van der Waals surface area (Å²) in [6.45, 7) is 5.26. The molecule has 1 amide bonds. The zero-order chi connectivity index (χ0) is 19.7. The number of hydrogen-bond donors (Lipinski definition) is 1. The number of benzene rings is 1. The molecule has 0 bridgehead atoms. The molecule has 0 aliphatic carbocycles. The Labute approximate surface area is 159 Å². The molecule has 1 N–H and O–H groups in total. The maximum Gasteiger partial charge on any atom is 0.348 e. The van der Waals surface area contributed by atoms with E-state index in [0.717, 1.165) is 16.9 Å². The summed E-state index contributed by atoms with van der Waals surface area (Å²) in [5.74, 6) is -0.838. The Morgan fingerprint density at radius 3 is 2.52 bits per heavy atom. The first-order valence-corrected chi connectivity index (χ1v) is 9.11. The lowest BCUT2D eigenvalue weighted by Crippen LogP contribution is -2.31. The van der Waals surface area contributed by atoms with Gasteiger partial charge in [0.05, 0.1) is 18.8 Å². The number of anilines is 1. The number of ether oxygens (including phenoxy) is 1. The summed E-state index contributed by atoms with van der Waals surface area (Å²) in [5, 5.41) is 3.12. The lowest BCUT2D eigenvalue weighted by Gasteiger charge is -2.15. The molecule has 0 fully saturated rings. The van der Waals surface area contributed by atoms with Gasteiger partial charge in [-0.15, -0.1) is 11.3 Å². The zero-order valence-electron chi connectivity index (χ0n) is 15.4. The molecule has 140 valence electrons. The highest BCUT2D eigenvalue weighted by molar-refractivity contribution is 7.20. The number of carbonyl (C=O) groups is 2. The molecule has 7 nitrogen and oxygen atoms in total. The first kappa shape index (κ1) is 18.8. The van der Waals surface area contributed by atoms with Gasteiger partial charge in [0.15, 0.2) is 0 Å². The Bertz CT molecular complexity index is 1080. The molecule has 0 saturated carbocycles. The number of esters is 1. The summed E-state index contributed by atoms with van der Waals surface area (Å²) in [5.41, 5.74) is 1.88. The summed E-state index contributed by atoms with van der Waals surface area (Å²) < 4.78 is 6.02. The number of hydrogen-bond acceptors (Lipinski definition) is 6. The van der Waals surface area contributed by atoms with E-state index in [1.807, 2.05) is 19.1 Å². The van der Waals surface area contributed by atoms with Gasteiger partial charge in [0.1, 0.15) is 15.7 Å². The first-order chi connectivity index (χ1) is 12.8. The smallest absolute Gasteiger partial charge is 0.348 e. The average Bonchev–Trinajstić information content (AvgIpc) is 3.00. The van der Waals surface area contributed by atoms with Crippen LogP contribution < -0.4 is 10.9 Å². The summed E-state index contributed by atoms with van der Waals surface area (Å²) in [4.78, 5) is 42.4. The second-order valence-corrected chi connectivity index (χ2v) is 7.22. The van der Waals surface area contributed by atoms with Crippen molar-refractivity contribution in [2.75, 3.05) is 12.4 Å². The first-order valence-electron chi connectivity index (χ1n) is 8.29. The highest BCUT2D eigenvalue weighted by Crippen LogP contribution is 2.27. The van der Waals surface area contributed by atoms with E-state index in [9.17, 15) is 14.4 Å². The van der Waals surface area contributed by atoms with Crippen LogP contribution in [-0.2, 0) is 9.53 Å². The van der Waals surface area contributed by atoms with Gasteiger partial charge in [-0.1, -0.05) is 17.7 Å². The van der Waals surface area contributed by atoms with Crippen molar-refractivity contribution >= 4 is 39.1 Å². The lowest BCUT2D eigenvalue weighted by molar-refractivity contribution is -0.118. The van der Waals surface area contributed by atoms with Crippen molar-refractivity contribution in [3.8, 4) is 0 Å². The van der Waals surface area contributed by atoms with E-state index in [4.69, 9.17) is 4.74 Å². The normalized spacial score (nSPS) is 12.0. The predicted octanol–water partition coefficient (Wildman–Crippen LogP) is 3.06. The minimum absolute atomic E-state index is 0.330. The number of amides is 1. The van der Waals surface area contributed by atoms with E-state index < -0.39 is 12.0 Å². The van der Waals surface area contributed by atoms with Crippen LogP contribution in [0.4, 0.5) is 5.69 Å². The number of aromatic nitrogens is 2. The Hall–Kier alpha value is -3.00. The molecule has 3 rings (SSSR count). The Morgan fingerprint density at radius 1 is 1.22 bits per heavy atom. The van der Waals surface area contributed by atoms with Crippen molar-refractivity contribution in [1.82, 2.24) is 9.55 Å². The molecule has 0 unspecified atom stereocenters. The molecular formula is C19H19N3O4S. The van der Waals surface area contributed by atoms with Crippen LogP contribution in [-0.4, -0.2) is 28.5 Å². The van der Waals surface area contributed by atoms with Crippen LogP contribution in [0.2, 0.25) is 0 Å². The van der Waals surface area contributed by atoms with Crippen molar-refractivity contribution < 1.29 is 14.3 Å². The van der Waals surface area contributed by atoms with Crippen LogP contribution in [0.25, 0.3) is 10.2 Å². The van der Waals surface area contributed by atoms with E-state index >= 15 is 0 Å². The molecule has 2 heterocycles. The van der Waals surface area contributed by atoms with Crippen LogP contribution in [0.15, 0.2) is 35.4 Å². The Balaban J connectivity index is 1.96. The number of rotatable bonds is 4. The van der Waals surface area contributed by atoms with Gasteiger partial charge in [0.25, 0.3) is 5.56 Å². The van der Waals surface area contributed by atoms with Crippen LogP contribution in [0.1, 0.15) is 33.8 Å². The Morgan fingerprint density at radius 2 is 1.89 bits per heavy atom. The number of carbonyl (C=O) groups excluding carboxylic acids is 2. The minimum atomic E-state index is -0.767. The zero-order valence-corrected chi connectivity index (χ0v) is 16.2. The average molecular weight is 385 g/mol. The van der Waals surface area contributed by atoms with Gasteiger partial charge in [-0.3, -0.25) is 14.2 Å². The van der Waals surface area contributed by atoms with E-state index in [1.165, 1.54) is 18.0 Å². The minimum Gasteiger partial charge on any atom is -0.465 e. The van der Waals surface area contributed by atoms with Gasteiger partial charge in [-0.25, -0.2) is 9.78 Å². The quantitative estimate of drug-likeness (QED) is 0.697. The number of fused-ring (bicyclic) bond motifs is 1. The van der Waals surface area contributed by atoms with Crippen molar-refractivity contribution in [2.24, 2.45) is 0 Å². The van der Waals surface area contributed by atoms with Crippen LogP contribution >= 0.6 is 11.3 Å². The molecule has 0 aliphatic heterocycles. The van der Waals surface area contributed by atoms with Crippen LogP contribution in [0, 0.1) is 13.8 Å². The monoisotopic (exact) mass is 385 g/mol. The van der Waals surface area contributed by atoms with E-state index in [1.54, 1.807) is 26.0 Å². The highest BCUT2D eigenvalue weighted by atomic mass is 32.1. The van der Waals surface area contributed by atoms with Crippen molar-refractivity contribution in [3.63, 3.8) is 0 Å². The summed E-state index contributed by atoms with van der Waals surface area (Å²) in [6, 6.07) is 6.62. The number of aryl methyl sites for hydroxylation is 2. The summed E-state index contributed by atoms with van der Waals surface area (Å²) in [7, 11) is 1.29. The maximum atomic E-state index is 12.9. The molecule has 0 radical (unpaired) electrons. The van der Waals surface area contributed by atoms with Crippen molar-refractivity contribution in [1.29, 1.82) is 0 Å². The maximum absolute atomic E-state index is 12.9.